The summed E-state index contributed by atoms with van der Waals surface area (Å²) < 4.78 is 9.31. The molecule has 19 heavy (non-hydrogen) atoms. The Morgan fingerprint density at radius 2 is 2.05 bits per heavy atom. The maximum atomic E-state index is 11.5. The highest BCUT2D eigenvalue weighted by Gasteiger charge is 2.26. The van der Waals surface area contributed by atoms with Crippen molar-refractivity contribution < 1.29 is 9.53 Å². The van der Waals surface area contributed by atoms with Crippen LogP contribution in [0.2, 0.25) is 0 Å². The first-order chi connectivity index (χ1) is 9.06. The minimum Gasteiger partial charge on any atom is -0.447 e. The highest BCUT2D eigenvalue weighted by Crippen LogP contribution is 2.30. The molecule has 0 atom stereocenters. The van der Waals surface area contributed by atoms with Gasteiger partial charge in [-0.05, 0) is 45.3 Å². The monoisotopic (exact) mass is 350 g/mol. The quantitative estimate of drug-likeness (QED) is 0.612. The zero-order chi connectivity index (χ0) is 14.3. The van der Waals surface area contributed by atoms with Gasteiger partial charge in [-0.1, -0.05) is 6.92 Å². The molecule has 1 fully saturated rings. The molecular formula is C13H23BrN2O2S. The van der Waals surface area contributed by atoms with Crippen LogP contribution in [0.15, 0.2) is 4.02 Å². The van der Waals surface area contributed by atoms with E-state index in [-0.39, 0.29) is 18.2 Å². The predicted octanol–water partition coefficient (Wildman–Crippen LogP) is 4.14. The van der Waals surface area contributed by atoms with Crippen LogP contribution in [-0.4, -0.2) is 29.0 Å². The van der Waals surface area contributed by atoms with Crippen LogP contribution in [0.3, 0.4) is 0 Å². The summed E-state index contributed by atoms with van der Waals surface area (Å²) in [6, 6.07) is 0.241. The molecule has 0 radical (unpaired) electrons. The number of thioether (sulfide) groups is 1. The molecule has 0 spiro atoms. The van der Waals surface area contributed by atoms with Gasteiger partial charge in [0.1, 0.15) is 0 Å². The van der Waals surface area contributed by atoms with E-state index < -0.39 is 0 Å². The predicted molar refractivity (Wildman–Crippen MR) is 85.0 cm³/mol. The summed E-state index contributed by atoms with van der Waals surface area (Å²) >= 11 is 5.01. The first-order valence-corrected chi connectivity index (χ1v) is 8.55. The van der Waals surface area contributed by atoms with Crippen molar-refractivity contribution in [2.45, 2.75) is 58.6 Å². The number of alkyl carbamates (subject to hydrolysis) is 1. The number of nitrogens with zero attached hydrogens (tertiary/aromatic N) is 1. The topological polar surface area (TPSA) is 50.7 Å². The number of carbonyl (C=O) groups excluding carboxylic acids is 1. The van der Waals surface area contributed by atoms with Crippen molar-refractivity contribution in [3.05, 3.63) is 0 Å². The molecule has 0 aromatic rings. The molecule has 1 rings (SSSR count). The van der Waals surface area contributed by atoms with E-state index in [0.29, 0.717) is 5.92 Å². The van der Waals surface area contributed by atoms with Crippen LogP contribution in [0.5, 0.6) is 0 Å². The van der Waals surface area contributed by atoms with Gasteiger partial charge in [-0.3, -0.25) is 0 Å². The smallest absolute Gasteiger partial charge is 0.407 e. The number of hydrogen-bond acceptors (Lipinski definition) is 4. The lowest BCUT2D eigenvalue weighted by Gasteiger charge is -2.29. The molecule has 0 saturated heterocycles. The Labute approximate surface area is 128 Å². The molecule has 1 amide bonds. The van der Waals surface area contributed by atoms with Crippen molar-refractivity contribution in [1.29, 1.82) is 0 Å². The molecule has 0 aromatic carbocycles. The summed E-state index contributed by atoms with van der Waals surface area (Å²) in [7, 11) is 0. The molecule has 0 unspecified atom stereocenters. The van der Waals surface area contributed by atoms with Gasteiger partial charge in [-0.2, -0.15) is 0 Å². The fourth-order valence-electron chi connectivity index (χ4n) is 2.26. The number of hydrogen-bond donors (Lipinski definition) is 1. The highest BCUT2D eigenvalue weighted by molar-refractivity contribution is 9.08. The summed E-state index contributed by atoms with van der Waals surface area (Å²) in [5, 5.41) is 4.13. The van der Waals surface area contributed by atoms with Crippen LogP contribution in [0.4, 0.5) is 4.79 Å². The second-order valence-corrected chi connectivity index (χ2v) is 6.64. The maximum absolute atomic E-state index is 11.5. The average Bonchev–Trinajstić information content (AvgIpc) is 2.36. The summed E-state index contributed by atoms with van der Waals surface area (Å²) in [6.45, 7) is 5.85. The van der Waals surface area contributed by atoms with E-state index >= 15 is 0 Å². The van der Waals surface area contributed by atoms with Gasteiger partial charge in [0.05, 0.1) is 27.3 Å². The Kier molecular flexibility index (Phi) is 7.83. The molecule has 1 N–H and O–H groups in total. The number of rotatable bonds is 4. The van der Waals surface area contributed by atoms with E-state index in [9.17, 15) is 4.79 Å². The second kappa shape index (κ2) is 8.84. The van der Waals surface area contributed by atoms with Crippen molar-refractivity contribution in [2.75, 3.05) is 5.75 Å². The van der Waals surface area contributed by atoms with Crippen LogP contribution in [-0.2, 0) is 4.74 Å². The third-order valence-electron chi connectivity index (χ3n) is 3.12. The summed E-state index contributed by atoms with van der Waals surface area (Å²) in [6.07, 6.45) is 3.77. The zero-order valence-corrected chi connectivity index (χ0v) is 14.2. The van der Waals surface area contributed by atoms with E-state index in [0.717, 1.165) is 31.4 Å². The van der Waals surface area contributed by atoms with Crippen LogP contribution < -0.4 is 5.32 Å². The summed E-state index contributed by atoms with van der Waals surface area (Å²) in [4.78, 5) is 11.5. The Hall–Kier alpha value is -0.230. The van der Waals surface area contributed by atoms with Crippen molar-refractivity contribution in [3.8, 4) is 0 Å². The number of halogens is 1. The highest BCUT2D eigenvalue weighted by atomic mass is 79.9. The summed E-state index contributed by atoms with van der Waals surface area (Å²) in [5.41, 5.74) is 0. The van der Waals surface area contributed by atoms with Gasteiger partial charge in [-0.15, -0.1) is 11.8 Å². The molecule has 4 nitrogen and oxygen atoms in total. The molecule has 0 aromatic heterocycles. The number of ether oxygens (including phenoxy) is 1. The Morgan fingerprint density at radius 3 is 2.53 bits per heavy atom. The molecule has 0 aliphatic heterocycles. The van der Waals surface area contributed by atoms with Crippen molar-refractivity contribution >= 4 is 39.0 Å². The third-order valence-corrected chi connectivity index (χ3v) is 4.74. The van der Waals surface area contributed by atoms with Crippen LogP contribution in [0, 0.1) is 5.92 Å². The Balaban J connectivity index is 2.34. The number of carbonyl (C=O) groups is 1. The molecular weight excluding hydrogens is 328 g/mol. The van der Waals surface area contributed by atoms with Gasteiger partial charge in [0.2, 0.25) is 0 Å². The fourth-order valence-corrected chi connectivity index (χ4v) is 3.67. The number of amides is 1. The fraction of sp³-hybridized carbons (Fsp3) is 0.846. The van der Waals surface area contributed by atoms with Crippen molar-refractivity contribution in [1.82, 2.24) is 5.32 Å². The van der Waals surface area contributed by atoms with Gasteiger partial charge in [0.25, 0.3) is 0 Å². The van der Waals surface area contributed by atoms with E-state index in [1.807, 2.05) is 13.8 Å². The van der Waals surface area contributed by atoms with Crippen molar-refractivity contribution in [3.63, 3.8) is 0 Å². The van der Waals surface area contributed by atoms with Gasteiger partial charge < -0.3 is 10.1 Å². The molecule has 0 bridgehead atoms. The zero-order valence-electron chi connectivity index (χ0n) is 11.8. The minimum atomic E-state index is -0.296. The van der Waals surface area contributed by atoms with Gasteiger partial charge >= 0.3 is 6.09 Å². The van der Waals surface area contributed by atoms with Crippen LogP contribution >= 0.6 is 27.9 Å². The first kappa shape index (κ1) is 16.8. The van der Waals surface area contributed by atoms with Gasteiger partial charge in [-0.25, -0.2) is 8.81 Å². The lowest BCUT2D eigenvalue weighted by Crippen LogP contribution is -2.39. The molecule has 1 aliphatic rings. The Morgan fingerprint density at radius 1 is 1.42 bits per heavy atom. The standard InChI is InChI=1S/C13H23BrN2O2S/c1-4-19-12(16-14)10-5-7-11(8-6-10)15-13(17)18-9(2)3/h9-11H,4-8H2,1-3H3,(H,15,17). The first-order valence-electron chi connectivity index (χ1n) is 6.85. The molecule has 0 heterocycles. The number of nitrogens with one attached hydrogen (secondary N) is 1. The molecule has 1 saturated carbocycles. The van der Waals surface area contributed by atoms with Gasteiger partial charge in [0, 0.05) is 12.0 Å². The van der Waals surface area contributed by atoms with Crippen molar-refractivity contribution in [2.24, 2.45) is 9.94 Å². The van der Waals surface area contributed by atoms with E-state index in [4.69, 9.17) is 4.74 Å². The van der Waals surface area contributed by atoms with E-state index in [1.54, 1.807) is 11.8 Å². The van der Waals surface area contributed by atoms with Gasteiger partial charge in [0.15, 0.2) is 0 Å². The minimum absolute atomic E-state index is 0.0653. The third kappa shape index (κ3) is 6.17. The summed E-state index contributed by atoms with van der Waals surface area (Å²) in [5.74, 6) is 1.58. The van der Waals surface area contributed by atoms with E-state index in [1.165, 1.54) is 5.04 Å². The average molecular weight is 351 g/mol. The second-order valence-electron chi connectivity index (χ2n) is 5.00. The normalized spacial score (nSPS) is 24.4. The van der Waals surface area contributed by atoms with Crippen LogP contribution in [0.25, 0.3) is 0 Å². The lowest BCUT2D eigenvalue weighted by atomic mass is 9.87. The molecule has 6 heteroatoms. The Bertz CT molecular complexity index is 316. The van der Waals surface area contributed by atoms with Crippen LogP contribution in [0.1, 0.15) is 46.5 Å². The van der Waals surface area contributed by atoms with E-state index in [2.05, 4.69) is 32.4 Å². The molecule has 110 valence electrons. The SMILES string of the molecule is CCSC(=NBr)C1CCC(NC(=O)OC(C)C)CC1. The maximum Gasteiger partial charge on any atom is 0.407 e. The molecule has 1 aliphatic carbocycles. The lowest BCUT2D eigenvalue weighted by molar-refractivity contribution is 0.109. The largest absolute Gasteiger partial charge is 0.447 e.